The van der Waals surface area contributed by atoms with Crippen molar-refractivity contribution in [1.29, 1.82) is 0 Å². The molecule has 3 atom stereocenters. The van der Waals surface area contributed by atoms with Crippen LogP contribution < -0.4 is 10.6 Å². The monoisotopic (exact) mass is 403 g/mol. The molecule has 2 N–H and O–H groups in total. The van der Waals surface area contributed by atoms with Crippen LogP contribution in [0.2, 0.25) is 0 Å². The second-order valence-corrected chi connectivity index (χ2v) is 7.98. The van der Waals surface area contributed by atoms with E-state index in [0.717, 1.165) is 45.2 Å². The number of likely N-dealkylation sites (tertiary alicyclic amines) is 1. The van der Waals surface area contributed by atoms with Crippen LogP contribution in [0.25, 0.3) is 0 Å². The van der Waals surface area contributed by atoms with Gasteiger partial charge in [-0.05, 0) is 50.3 Å². The summed E-state index contributed by atoms with van der Waals surface area (Å²) in [6, 6.07) is 9.27. The molecular weight excluding hydrogens is 374 g/mol. The number of halogens is 1. The van der Waals surface area contributed by atoms with Gasteiger partial charge in [-0.1, -0.05) is 42.7 Å². The number of nitrogens with one attached hydrogen (secondary N) is 2. The Morgan fingerprint density at radius 2 is 1.93 bits per heavy atom. The highest BCUT2D eigenvalue weighted by molar-refractivity contribution is 5.98. The van der Waals surface area contributed by atoms with Crippen molar-refractivity contribution < 1.29 is 9.59 Å². The molecule has 2 heterocycles. The van der Waals surface area contributed by atoms with Crippen LogP contribution in [-0.4, -0.2) is 48.4 Å². The van der Waals surface area contributed by atoms with Crippen molar-refractivity contribution in [3.63, 3.8) is 0 Å². The molecule has 1 saturated heterocycles. The lowest BCUT2D eigenvalue weighted by Crippen LogP contribution is -2.50. The Balaban J connectivity index is 0.00000225. The van der Waals surface area contributed by atoms with Gasteiger partial charge in [-0.15, -0.1) is 12.4 Å². The summed E-state index contributed by atoms with van der Waals surface area (Å²) in [6.07, 6.45) is 8.44. The van der Waals surface area contributed by atoms with Crippen molar-refractivity contribution >= 4 is 24.2 Å². The maximum absolute atomic E-state index is 13.2. The van der Waals surface area contributed by atoms with E-state index >= 15 is 0 Å². The topological polar surface area (TPSA) is 61.4 Å². The zero-order chi connectivity index (χ0) is 18.6. The fourth-order valence-corrected chi connectivity index (χ4v) is 4.86. The first-order chi connectivity index (χ1) is 13.2. The summed E-state index contributed by atoms with van der Waals surface area (Å²) >= 11 is 0. The molecule has 2 aliphatic heterocycles. The highest BCUT2D eigenvalue weighted by atomic mass is 35.5. The smallest absolute Gasteiger partial charge is 0.254 e. The van der Waals surface area contributed by atoms with Gasteiger partial charge in [0.2, 0.25) is 5.91 Å². The van der Waals surface area contributed by atoms with Crippen LogP contribution >= 0.6 is 12.4 Å². The van der Waals surface area contributed by atoms with Crippen LogP contribution in [-0.2, 0) is 4.79 Å². The molecule has 152 valence electrons. The molecule has 1 saturated carbocycles. The van der Waals surface area contributed by atoms with E-state index in [4.69, 9.17) is 0 Å². The van der Waals surface area contributed by atoms with Crippen LogP contribution in [0.3, 0.4) is 0 Å². The predicted molar refractivity (Wildman–Crippen MR) is 113 cm³/mol. The molecule has 0 bridgehead atoms. The summed E-state index contributed by atoms with van der Waals surface area (Å²) in [5, 5.41) is 6.40. The lowest BCUT2D eigenvalue weighted by molar-refractivity contribution is -0.125. The van der Waals surface area contributed by atoms with E-state index in [2.05, 4.69) is 16.7 Å². The Kier molecular flexibility index (Phi) is 7.13. The van der Waals surface area contributed by atoms with Crippen molar-refractivity contribution in [3.8, 4) is 0 Å². The Morgan fingerprint density at radius 3 is 2.68 bits per heavy atom. The van der Waals surface area contributed by atoms with Crippen LogP contribution in [0.5, 0.6) is 0 Å². The number of hydrogen-bond acceptors (Lipinski definition) is 3. The average Bonchev–Trinajstić information content (AvgIpc) is 3.12. The lowest BCUT2D eigenvalue weighted by atomic mass is 9.84. The molecule has 4 rings (SSSR count). The summed E-state index contributed by atoms with van der Waals surface area (Å²) in [7, 11) is 0. The molecule has 6 heteroatoms. The van der Waals surface area contributed by atoms with Crippen molar-refractivity contribution in [2.24, 2.45) is 5.92 Å². The van der Waals surface area contributed by atoms with Gasteiger partial charge in [-0.3, -0.25) is 9.59 Å². The van der Waals surface area contributed by atoms with Gasteiger partial charge >= 0.3 is 0 Å². The van der Waals surface area contributed by atoms with Gasteiger partial charge in [0.25, 0.3) is 5.91 Å². The fourth-order valence-electron chi connectivity index (χ4n) is 4.86. The zero-order valence-corrected chi connectivity index (χ0v) is 17.0. The predicted octanol–water partition coefficient (Wildman–Crippen LogP) is 2.92. The third-order valence-electron chi connectivity index (χ3n) is 6.29. The molecule has 28 heavy (non-hydrogen) atoms. The Labute approximate surface area is 173 Å². The molecule has 1 aliphatic carbocycles. The van der Waals surface area contributed by atoms with E-state index in [0.29, 0.717) is 18.0 Å². The van der Waals surface area contributed by atoms with E-state index in [9.17, 15) is 9.59 Å². The van der Waals surface area contributed by atoms with Crippen molar-refractivity contribution in [2.45, 2.75) is 50.6 Å². The molecule has 0 spiro atoms. The summed E-state index contributed by atoms with van der Waals surface area (Å²) in [5.74, 6) is 0.472. The number of benzene rings is 1. The number of hydrogen-bond donors (Lipinski definition) is 2. The largest absolute Gasteiger partial charge is 0.351 e. The van der Waals surface area contributed by atoms with Gasteiger partial charge in [-0.25, -0.2) is 0 Å². The lowest BCUT2D eigenvalue weighted by Gasteiger charge is -2.33. The summed E-state index contributed by atoms with van der Waals surface area (Å²) in [4.78, 5) is 28.2. The quantitative estimate of drug-likeness (QED) is 0.760. The number of fused-ring (bicyclic) bond motifs is 1. The SMILES string of the molecule is Cl.O=C(NCC1=CCNCC1)C1CC2CCCCC2N1C(=O)c1ccccc1. The molecular formula is C22H30ClN3O2. The number of amides is 2. The molecule has 0 aromatic heterocycles. The summed E-state index contributed by atoms with van der Waals surface area (Å²) in [5.41, 5.74) is 1.96. The van der Waals surface area contributed by atoms with Gasteiger partial charge in [-0.2, -0.15) is 0 Å². The third-order valence-corrected chi connectivity index (χ3v) is 6.29. The molecule has 2 amide bonds. The van der Waals surface area contributed by atoms with E-state index in [-0.39, 0.29) is 36.3 Å². The molecule has 5 nitrogen and oxygen atoms in total. The highest BCUT2D eigenvalue weighted by Gasteiger charge is 2.47. The Hall–Kier alpha value is -1.85. The van der Waals surface area contributed by atoms with Gasteiger partial charge in [0.1, 0.15) is 6.04 Å². The minimum absolute atomic E-state index is 0. The zero-order valence-electron chi connectivity index (χ0n) is 16.2. The highest BCUT2D eigenvalue weighted by Crippen LogP contribution is 2.40. The second-order valence-electron chi connectivity index (χ2n) is 7.98. The first-order valence-electron chi connectivity index (χ1n) is 10.3. The van der Waals surface area contributed by atoms with Crippen molar-refractivity contribution in [1.82, 2.24) is 15.5 Å². The normalized spacial score (nSPS) is 26.6. The van der Waals surface area contributed by atoms with Gasteiger partial charge in [0, 0.05) is 24.7 Å². The van der Waals surface area contributed by atoms with Gasteiger partial charge in [0.15, 0.2) is 0 Å². The molecule has 2 fully saturated rings. The van der Waals surface area contributed by atoms with Crippen LogP contribution in [0.15, 0.2) is 42.0 Å². The second kappa shape index (κ2) is 9.57. The Morgan fingerprint density at radius 1 is 1.14 bits per heavy atom. The average molecular weight is 404 g/mol. The van der Waals surface area contributed by atoms with Gasteiger partial charge < -0.3 is 15.5 Å². The third kappa shape index (κ3) is 4.41. The van der Waals surface area contributed by atoms with Crippen LogP contribution in [0.1, 0.15) is 48.9 Å². The van der Waals surface area contributed by atoms with E-state index in [1.54, 1.807) is 0 Å². The van der Waals surface area contributed by atoms with E-state index < -0.39 is 0 Å². The summed E-state index contributed by atoms with van der Waals surface area (Å²) in [6.45, 7) is 2.44. The van der Waals surface area contributed by atoms with Crippen molar-refractivity contribution in [3.05, 3.63) is 47.5 Å². The molecule has 3 unspecified atom stereocenters. The van der Waals surface area contributed by atoms with E-state index in [1.807, 2.05) is 35.2 Å². The fraction of sp³-hybridized carbons (Fsp3) is 0.545. The molecule has 3 aliphatic rings. The van der Waals surface area contributed by atoms with Crippen molar-refractivity contribution in [2.75, 3.05) is 19.6 Å². The minimum atomic E-state index is -0.340. The first-order valence-corrected chi connectivity index (χ1v) is 10.3. The standard InChI is InChI=1S/C22H29N3O2.ClH/c26-21(24-15-16-10-12-23-13-11-16)20-14-18-8-4-5-9-19(18)25(20)22(27)17-6-2-1-3-7-17;/h1-3,6-7,10,18-20,23H,4-5,8-9,11-15H2,(H,24,26);1H. The molecule has 1 aromatic carbocycles. The van der Waals surface area contributed by atoms with E-state index in [1.165, 1.54) is 12.0 Å². The maximum Gasteiger partial charge on any atom is 0.254 e. The molecule has 1 aromatic rings. The van der Waals surface area contributed by atoms with Gasteiger partial charge in [0.05, 0.1) is 0 Å². The Bertz CT molecular complexity index is 722. The van der Waals surface area contributed by atoms with Crippen LogP contribution in [0, 0.1) is 5.92 Å². The number of carbonyl (C=O) groups excluding carboxylic acids is 2. The number of rotatable bonds is 4. The first kappa shape index (κ1) is 20.9. The minimum Gasteiger partial charge on any atom is -0.351 e. The number of carbonyl (C=O) groups is 2. The maximum atomic E-state index is 13.2. The molecule has 0 radical (unpaired) electrons. The number of nitrogens with zero attached hydrogens (tertiary/aromatic N) is 1. The summed E-state index contributed by atoms with van der Waals surface area (Å²) < 4.78 is 0. The van der Waals surface area contributed by atoms with Crippen LogP contribution in [0.4, 0.5) is 0 Å².